The SMILES string of the molecule is CCC(CCN(C)C)N(Cc1ncccc1C)Cc1ncccc1C. The standard InChI is InChI=1S/C21H32N4/c1-6-19(11-14-24(4)5)25(15-20-17(2)9-7-12-22-20)16-21-18(3)10-8-13-23-21/h7-10,12-13,19H,6,11,14-16H2,1-5H3. The normalized spacial score (nSPS) is 12.8. The number of rotatable bonds is 9. The summed E-state index contributed by atoms with van der Waals surface area (Å²) in [6.45, 7) is 9.41. The molecule has 4 heteroatoms. The van der Waals surface area contributed by atoms with Crippen LogP contribution in [0.1, 0.15) is 42.3 Å². The van der Waals surface area contributed by atoms with Crippen molar-refractivity contribution in [3.63, 3.8) is 0 Å². The zero-order valence-electron chi connectivity index (χ0n) is 16.4. The van der Waals surface area contributed by atoms with Gasteiger partial charge >= 0.3 is 0 Å². The highest BCUT2D eigenvalue weighted by Gasteiger charge is 2.20. The highest BCUT2D eigenvalue weighted by Crippen LogP contribution is 2.19. The number of hydrogen-bond acceptors (Lipinski definition) is 4. The van der Waals surface area contributed by atoms with Gasteiger partial charge in [0.1, 0.15) is 0 Å². The van der Waals surface area contributed by atoms with Crippen molar-refractivity contribution in [3.05, 3.63) is 59.2 Å². The molecule has 0 aliphatic rings. The maximum Gasteiger partial charge on any atom is 0.0573 e. The third kappa shape index (κ3) is 5.91. The summed E-state index contributed by atoms with van der Waals surface area (Å²) in [6.07, 6.45) is 6.08. The summed E-state index contributed by atoms with van der Waals surface area (Å²) in [5.74, 6) is 0. The van der Waals surface area contributed by atoms with Crippen LogP contribution < -0.4 is 0 Å². The van der Waals surface area contributed by atoms with E-state index in [2.05, 4.69) is 66.8 Å². The molecular weight excluding hydrogens is 308 g/mol. The van der Waals surface area contributed by atoms with Crippen molar-refractivity contribution >= 4 is 0 Å². The van der Waals surface area contributed by atoms with Crippen LogP contribution in [0.2, 0.25) is 0 Å². The molecule has 136 valence electrons. The summed E-state index contributed by atoms with van der Waals surface area (Å²) in [6, 6.07) is 8.83. The first kappa shape index (κ1) is 19.5. The second kappa shape index (κ2) is 9.64. The molecular formula is C21H32N4. The van der Waals surface area contributed by atoms with Gasteiger partial charge in [-0.25, -0.2) is 0 Å². The molecule has 25 heavy (non-hydrogen) atoms. The molecule has 1 atom stereocenters. The number of aromatic nitrogens is 2. The van der Waals surface area contributed by atoms with E-state index in [1.54, 1.807) is 0 Å². The molecule has 0 fully saturated rings. The average molecular weight is 341 g/mol. The van der Waals surface area contributed by atoms with Crippen LogP contribution in [0, 0.1) is 13.8 Å². The maximum atomic E-state index is 4.62. The fourth-order valence-electron chi connectivity index (χ4n) is 3.12. The smallest absolute Gasteiger partial charge is 0.0573 e. The van der Waals surface area contributed by atoms with Gasteiger partial charge in [0.2, 0.25) is 0 Å². The Balaban J connectivity index is 2.23. The first-order valence-electron chi connectivity index (χ1n) is 9.21. The van der Waals surface area contributed by atoms with E-state index in [1.165, 1.54) is 22.5 Å². The minimum atomic E-state index is 0.519. The zero-order valence-corrected chi connectivity index (χ0v) is 16.4. The predicted molar refractivity (Wildman–Crippen MR) is 104 cm³/mol. The third-order valence-corrected chi connectivity index (χ3v) is 4.84. The second-order valence-electron chi connectivity index (χ2n) is 7.09. The molecule has 0 saturated carbocycles. The van der Waals surface area contributed by atoms with Crippen molar-refractivity contribution in [3.8, 4) is 0 Å². The van der Waals surface area contributed by atoms with Gasteiger partial charge in [-0.1, -0.05) is 19.1 Å². The van der Waals surface area contributed by atoms with Crippen LogP contribution in [0.5, 0.6) is 0 Å². The maximum absolute atomic E-state index is 4.62. The van der Waals surface area contributed by atoms with Gasteiger partial charge in [0.25, 0.3) is 0 Å². The second-order valence-corrected chi connectivity index (χ2v) is 7.09. The third-order valence-electron chi connectivity index (χ3n) is 4.84. The van der Waals surface area contributed by atoms with Crippen molar-refractivity contribution in [2.45, 2.75) is 52.7 Å². The van der Waals surface area contributed by atoms with Crippen LogP contribution in [-0.2, 0) is 13.1 Å². The van der Waals surface area contributed by atoms with E-state index in [0.717, 1.165) is 32.5 Å². The molecule has 0 saturated heterocycles. The first-order chi connectivity index (χ1) is 12.0. The van der Waals surface area contributed by atoms with Crippen LogP contribution in [0.3, 0.4) is 0 Å². The van der Waals surface area contributed by atoms with Crippen LogP contribution in [0.15, 0.2) is 36.7 Å². The summed E-state index contributed by atoms with van der Waals surface area (Å²) >= 11 is 0. The lowest BCUT2D eigenvalue weighted by atomic mass is 10.1. The van der Waals surface area contributed by atoms with Crippen molar-refractivity contribution in [1.29, 1.82) is 0 Å². The van der Waals surface area contributed by atoms with Crippen molar-refractivity contribution in [2.24, 2.45) is 0 Å². The monoisotopic (exact) mass is 340 g/mol. The molecule has 4 nitrogen and oxygen atoms in total. The summed E-state index contributed by atoms with van der Waals surface area (Å²) in [5, 5.41) is 0. The number of aryl methyl sites for hydroxylation is 2. The molecule has 0 spiro atoms. The Morgan fingerprint density at radius 3 is 1.84 bits per heavy atom. The van der Waals surface area contributed by atoms with Gasteiger partial charge in [0, 0.05) is 31.5 Å². The molecule has 2 aromatic heterocycles. The lowest BCUT2D eigenvalue weighted by molar-refractivity contribution is 0.150. The lowest BCUT2D eigenvalue weighted by Crippen LogP contribution is -2.37. The molecule has 0 aromatic carbocycles. The Morgan fingerprint density at radius 1 is 0.920 bits per heavy atom. The van der Waals surface area contributed by atoms with E-state index >= 15 is 0 Å². The van der Waals surface area contributed by atoms with E-state index in [4.69, 9.17) is 0 Å². The van der Waals surface area contributed by atoms with Crippen LogP contribution >= 0.6 is 0 Å². The van der Waals surface area contributed by atoms with E-state index in [0.29, 0.717) is 6.04 Å². The highest BCUT2D eigenvalue weighted by atomic mass is 15.2. The van der Waals surface area contributed by atoms with Crippen LogP contribution in [-0.4, -0.2) is 46.4 Å². The molecule has 0 N–H and O–H groups in total. The molecule has 1 unspecified atom stereocenters. The Hall–Kier alpha value is -1.78. The Morgan fingerprint density at radius 2 is 1.44 bits per heavy atom. The summed E-state index contributed by atoms with van der Waals surface area (Å²) in [4.78, 5) is 14.1. The van der Waals surface area contributed by atoms with Gasteiger partial charge < -0.3 is 4.90 Å². The van der Waals surface area contributed by atoms with E-state index in [9.17, 15) is 0 Å². The molecule has 0 bridgehead atoms. The topological polar surface area (TPSA) is 32.3 Å². The Labute approximate surface area is 152 Å². The van der Waals surface area contributed by atoms with Gasteiger partial charge in [0.05, 0.1) is 11.4 Å². The van der Waals surface area contributed by atoms with E-state index in [1.807, 2.05) is 24.5 Å². The Kier molecular flexibility index (Phi) is 7.53. The van der Waals surface area contributed by atoms with Crippen molar-refractivity contribution in [1.82, 2.24) is 19.8 Å². The van der Waals surface area contributed by atoms with Gasteiger partial charge in [-0.15, -0.1) is 0 Å². The number of pyridine rings is 2. The predicted octanol–water partition coefficient (Wildman–Crippen LogP) is 3.83. The van der Waals surface area contributed by atoms with Gasteiger partial charge in [-0.3, -0.25) is 14.9 Å². The van der Waals surface area contributed by atoms with Gasteiger partial charge in [0.15, 0.2) is 0 Å². The molecule has 0 aliphatic carbocycles. The number of hydrogen-bond donors (Lipinski definition) is 0. The minimum Gasteiger partial charge on any atom is -0.309 e. The van der Waals surface area contributed by atoms with Gasteiger partial charge in [-0.2, -0.15) is 0 Å². The average Bonchev–Trinajstić information content (AvgIpc) is 2.59. The van der Waals surface area contributed by atoms with Crippen LogP contribution in [0.4, 0.5) is 0 Å². The van der Waals surface area contributed by atoms with Crippen molar-refractivity contribution in [2.75, 3.05) is 20.6 Å². The van der Waals surface area contributed by atoms with E-state index in [-0.39, 0.29) is 0 Å². The number of nitrogens with zero attached hydrogens (tertiary/aromatic N) is 4. The quantitative estimate of drug-likeness (QED) is 0.694. The molecule has 2 rings (SSSR count). The largest absolute Gasteiger partial charge is 0.309 e. The first-order valence-corrected chi connectivity index (χ1v) is 9.21. The van der Waals surface area contributed by atoms with E-state index < -0.39 is 0 Å². The van der Waals surface area contributed by atoms with Crippen molar-refractivity contribution < 1.29 is 0 Å². The molecule has 2 heterocycles. The minimum absolute atomic E-state index is 0.519. The summed E-state index contributed by atoms with van der Waals surface area (Å²) in [7, 11) is 4.28. The molecule has 2 aromatic rings. The van der Waals surface area contributed by atoms with Crippen LogP contribution in [0.25, 0.3) is 0 Å². The summed E-state index contributed by atoms with van der Waals surface area (Å²) in [5.41, 5.74) is 4.85. The fourth-order valence-corrected chi connectivity index (χ4v) is 3.12. The van der Waals surface area contributed by atoms with Gasteiger partial charge in [-0.05, 0) is 70.6 Å². The highest BCUT2D eigenvalue weighted by molar-refractivity contribution is 5.20. The molecule has 0 aliphatic heterocycles. The zero-order chi connectivity index (χ0) is 18.2. The lowest BCUT2D eigenvalue weighted by Gasteiger charge is -2.32. The fraction of sp³-hybridized carbons (Fsp3) is 0.524. The Bertz CT molecular complexity index is 606. The molecule has 0 radical (unpaired) electrons. The molecule has 0 amide bonds. The summed E-state index contributed by atoms with van der Waals surface area (Å²) < 4.78 is 0.